The fourth-order valence-corrected chi connectivity index (χ4v) is 2.19. The van der Waals surface area contributed by atoms with Crippen LogP contribution in [0.5, 0.6) is 0 Å². The quantitative estimate of drug-likeness (QED) is 0.664. The number of hydrogen-bond donors (Lipinski definition) is 2. The molecule has 0 aromatic rings. The fraction of sp³-hybridized carbons (Fsp3) is 0.800. The highest BCUT2D eigenvalue weighted by atomic mass is 16.4. The summed E-state index contributed by atoms with van der Waals surface area (Å²) in [5.74, 6) is -1.08. The van der Waals surface area contributed by atoms with Crippen molar-refractivity contribution in [1.82, 2.24) is 4.90 Å². The summed E-state index contributed by atoms with van der Waals surface area (Å²) >= 11 is 0. The molecule has 1 amide bonds. The van der Waals surface area contributed by atoms with E-state index in [4.69, 9.17) is 10.8 Å². The van der Waals surface area contributed by atoms with Crippen molar-refractivity contribution in [2.45, 2.75) is 37.8 Å². The molecule has 2 aliphatic rings. The Kier molecular flexibility index (Phi) is 2.22. The molecule has 2 atom stereocenters. The normalized spacial score (nSPS) is 32.8. The van der Waals surface area contributed by atoms with E-state index in [1.165, 1.54) is 4.90 Å². The van der Waals surface area contributed by atoms with E-state index in [0.717, 1.165) is 6.42 Å². The van der Waals surface area contributed by atoms with Crippen LogP contribution in [0.25, 0.3) is 0 Å². The second kappa shape index (κ2) is 3.20. The van der Waals surface area contributed by atoms with E-state index < -0.39 is 17.6 Å². The van der Waals surface area contributed by atoms with Crippen LogP contribution < -0.4 is 5.73 Å². The zero-order chi connectivity index (χ0) is 11.2. The van der Waals surface area contributed by atoms with E-state index in [-0.39, 0.29) is 11.8 Å². The van der Waals surface area contributed by atoms with Crippen LogP contribution in [0, 0.1) is 5.92 Å². The largest absolute Gasteiger partial charge is 0.480 e. The van der Waals surface area contributed by atoms with E-state index in [0.29, 0.717) is 19.4 Å². The van der Waals surface area contributed by atoms with Crippen molar-refractivity contribution in [3.05, 3.63) is 0 Å². The lowest BCUT2D eigenvalue weighted by molar-refractivity contribution is -0.150. The first-order valence-electron chi connectivity index (χ1n) is 5.28. The summed E-state index contributed by atoms with van der Waals surface area (Å²) in [7, 11) is 0. The average Bonchev–Trinajstić information content (AvgIpc) is 2.77. The minimum Gasteiger partial charge on any atom is -0.480 e. The van der Waals surface area contributed by atoms with Crippen LogP contribution in [0.4, 0.5) is 0 Å². The third-order valence-electron chi connectivity index (χ3n) is 3.43. The Bertz CT molecular complexity index is 312. The van der Waals surface area contributed by atoms with Crippen molar-refractivity contribution in [1.29, 1.82) is 0 Å². The lowest BCUT2D eigenvalue weighted by Gasteiger charge is -2.26. The van der Waals surface area contributed by atoms with E-state index in [2.05, 4.69) is 0 Å². The van der Waals surface area contributed by atoms with Gasteiger partial charge >= 0.3 is 5.97 Å². The molecule has 84 valence electrons. The number of hydrogen-bond acceptors (Lipinski definition) is 3. The molecule has 15 heavy (non-hydrogen) atoms. The summed E-state index contributed by atoms with van der Waals surface area (Å²) in [6, 6.07) is -0.682. The summed E-state index contributed by atoms with van der Waals surface area (Å²) in [6.45, 7) is 2.39. The molecular formula is C10H16N2O3. The summed E-state index contributed by atoms with van der Waals surface area (Å²) in [5, 5.41) is 9.05. The molecule has 5 nitrogen and oxygen atoms in total. The van der Waals surface area contributed by atoms with E-state index >= 15 is 0 Å². The van der Waals surface area contributed by atoms with Gasteiger partial charge in [-0.1, -0.05) is 6.92 Å². The number of carbonyl (C=O) groups excluding carboxylic acids is 1. The number of amides is 1. The third-order valence-corrected chi connectivity index (χ3v) is 3.43. The highest BCUT2D eigenvalue weighted by molar-refractivity contribution is 5.92. The fourth-order valence-electron chi connectivity index (χ4n) is 2.19. The van der Waals surface area contributed by atoms with E-state index in [1.807, 2.05) is 6.92 Å². The number of rotatable bonds is 2. The first kappa shape index (κ1) is 10.4. The van der Waals surface area contributed by atoms with Crippen LogP contribution in [0.1, 0.15) is 26.2 Å². The molecule has 2 fully saturated rings. The first-order valence-corrected chi connectivity index (χ1v) is 5.28. The van der Waals surface area contributed by atoms with Gasteiger partial charge in [-0.05, 0) is 25.2 Å². The molecule has 0 bridgehead atoms. The van der Waals surface area contributed by atoms with Gasteiger partial charge in [0.2, 0.25) is 5.91 Å². The van der Waals surface area contributed by atoms with Crippen LogP contribution in [0.2, 0.25) is 0 Å². The molecule has 2 rings (SSSR count). The van der Waals surface area contributed by atoms with Crippen LogP contribution in [0.15, 0.2) is 0 Å². The molecule has 0 aromatic heterocycles. The lowest BCUT2D eigenvalue weighted by atomic mass is 10.0. The minimum atomic E-state index is -0.919. The number of carboxylic acids is 1. The average molecular weight is 212 g/mol. The van der Waals surface area contributed by atoms with Crippen molar-refractivity contribution < 1.29 is 14.7 Å². The van der Waals surface area contributed by atoms with Crippen molar-refractivity contribution in [2.75, 3.05) is 6.54 Å². The van der Waals surface area contributed by atoms with Gasteiger partial charge in [0.15, 0.2) is 0 Å². The maximum absolute atomic E-state index is 11.9. The molecule has 5 heteroatoms. The summed E-state index contributed by atoms with van der Waals surface area (Å²) in [6.07, 6.45) is 2.12. The van der Waals surface area contributed by atoms with Gasteiger partial charge in [-0.15, -0.1) is 0 Å². The summed E-state index contributed by atoms with van der Waals surface area (Å²) in [4.78, 5) is 24.4. The molecular weight excluding hydrogens is 196 g/mol. The molecule has 0 radical (unpaired) electrons. The Morgan fingerprint density at radius 3 is 2.53 bits per heavy atom. The van der Waals surface area contributed by atoms with Crippen molar-refractivity contribution >= 4 is 11.9 Å². The molecule has 1 aliphatic carbocycles. The maximum Gasteiger partial charge on any atom is 0.326 e. The van der Waals surface area contributed by atoms with Crippen molar-refractivity contribution in [2.24, 2.45) is 11.7 Å². The number of aliphatic carboxylic acids is 1. The monoisotopic (exact) mass is 212 g/mol. The van der Waals surface area contributed by atoms with Crippen LogP contribution >= 0.6 is 0 Å². The topological polar surface area (TPSA) is 83.6 Å². The Labute approximate surface area is 88.2 Å². The number of nitrogens with zero attached hydrogens (tertiary/aromatic N) is 1. The standard InChI is InChI=1S/C10H16N2O3/c1-6-2-5-12(7(6)8(13)14)9(15)10(11)3-4-10/h6-7H,2-5,11H2,1H3,(H,13,14). The summed E-state index contributed by atoms with van der Waals surface area (Å²) < 4.78 is 0. The molecule has 1 saturated heterocycles. The Hall–Kier alpha value is -1.10. The highest BCUT2D eigenvalue weighted by Crippen LogP contribution is 2.37. The highest BCUT2D eigenvalue weighted by Gasteiger charge is 2.52. The lowest BCUT2D eigenvalue weighted by Crippen LogP contribution is -2.51. The number of nitrogens with two attached hydrogens (primary N) is 1. The van der Waals surface area contributed by atoms with Crippen LogP contribution in [0.3, 0.4) is 0 Å². The molecule has 1 saturated carbocycles. The molecule has 2 unspecified atom stereocenters. The number of carbonyl (C=O) groups is 2. The summed E-state index contributed by atoms with van der Waals surface area (Å²) in [5.41, 5.74) is 5.04. The zero-order valence-corrected chi connectivity index (χ0v) is 8.77. The van der Waals surface area contributed by atoms with Crippen LogP contribution in [-0.4, -0.2) is 40.0 Å². The van der Waals surface area contributed by atoms with Crippen LogP contribution in [-0.2, 0) is 9.59 Å². The Balaban J connectivity index is 2.15. The van der Waals surface area contributed by atoms with Crippen molar-refractivity contribution in [3.63, 3.8) is 0 Å². The maximum atomic E-state index is 11.9. The molecule has 0 aromatic carbocycles. The predicted octanol–water partition coefficient (Wildman–Crippen LogP) is -0.201. The number of carboxylic acid groups (broad SMARTS) is 1. The van der Waals surface area contributed by atoms with Gasteiger partial charge in [-0.25, -0.2) is 4.79 Å². The SMILES string of the molecule is CC1CCN(C(=O)C2(N)CC2)C1C(=O)O. The molecule has 1 aliphatic heterocycles. The van der Waals surface area contributed by atoms with E-state index in [1.54, 1.807) is 0 Å². The van der Waals surface area contributed by atoms with Crippen molar-refractivity contribution in [3.8, 4) is 0 Å². The van der Waals surface area contributed by atoms with Gasteiger partial charge in [-0.3, -0.25) is 4.79 Å². The van der Waals surface area contributed by atoms with Gasteiger partial charge in [0.1, 0.15) is 6.04 Å². The van der Waals surface area contributed by atoms with E-state index in [9.17, 15) is 9.59 Å². The predicted molar refractivity (Wildman–Crippen MR) is 53.1 cm³/mol. The third kappa shape index (κ3) is 1.61. The Morgan fingerprint density at radius 2 is 2.07 bits per heavy atom. The second-order valence-electron chi connectivity index (χ2n) is 4.70. The number of likely N-dealkylation sites (tertiary alicyclic amines) is 1. The molecule has 0 spiro atoms. The van der Waals surface area contributed by atoms with Gasteiger partial charge in [0, 0.05) is 6.54 Å². The van der Waals surface area contributed by atoms with Gasteiger partial charge in [0.25, 0.3) is 0 Å². The van der Waals surface area contributed by atoms with Gasteiger partial charge in [-0.2, -0.15) is 0 Å². The van der Waals surface area contributed by atoms with Gasteiger partial charge < -0.3 is 15.7 Å². The Morgan fingerprint density at radius 1 is 1.47 bits per heavy atom. The minimum absolute atomic E-state index is 0.0220. The zero-order valence-electron chi connectivity index (χ0n) is 8.77. The molecule has 3 N–H and O–H groups in total. The van der Waals surface area contributed by atoms with Gasteiger partial charge in [0.05, 0.1) is 5.54 Å². The molecule has 1 heterocycles. The smallest absolute Gasteiger partial charge is 0.326 e. The first-order chi connectivity index (χ1) is 6.96. The second-order valence-corrected chi connectivity index (χ2v) is 4.70.